The van der Waals surface area contributed by atoms with E-state index < -0.39 is 0 Å². The van der Waals surface area contributed by atoms with E-state index in [-0.39, 0.29) is 5.82 Å². The van der Waals surface area contributed by atoms with Crippen LogP contribution in [0.4, 0.5) is 10.1 Å². The van der Waals surface area contributed by atoms with Crippen molar-refractivity contribution in [2.75, 3.05) is 24.3 Å². The van der Waals surface area contributed by atoms with E-state index in [2.05, 4.69) is 22.9 Å². The number of alkyl halides is 1. The van der Waals surface area contributed by atoms with Crippen molar-refractivity contribution in [1.82, 2.24) is 0 Å². The van der Waals surface area contributed by atoms with E-state index >= 15 is 0 Å². The first-order valence-corrected chi connectivity index (χ1v) is 5.71. The highest BCUT2D eigenvalue weighted by atomic mass is 79.9. The normalized spacial score (nSPS) is 12.6. The van der Waals surface area contributed by atoms with Gasteiger partial charge in [-0.05, 0) is 23.6 Å². The van der Waals surface area contributed by atoms with Gasteiger partial charge >= 0.3 is 0 Å². The molecule has 78 valence electrons. The first kappa shape index (κ1) is 11.5. The molecule has 1 aromatic rings. The summed E-state index contributed by atoms with van der Waals surface area (Å²) in [4.78, 5) is 1.78. The average Bonchev–Trinajstić information content (AvgIpc) is 2.15. The predicted molar refractivity (Wildman–Crippen MR) is 62.9 cm³/mol. The molecule has 0 aromatic heterocycles. The Hall–Kier alpha value is -0.570. The van der Waals surface area contributed by atoms with Gasteiger partial charge in [-0.2, -0.15) is 0 Å². The number of rotatable bonds is 3. The fraction of sp³-hybridized carbons (Fsp3) is 0.455. The van der Waals surface area contributed by atoms with Gasteiger partial charge in [0.1, 0.15) is 5.82 Å². The fourth-order valence-corrected chi connectivity index (χ4v) is 1.66. The first-order valence-electron chi connectivity index (χ1n) is 4.59. The van der Waals surface area contributed by atoms with Crippen LogP contribution in [0.2, 0.25) is 0 Å². The minimum atomic E-state index is -0.152. The number of halogens is 2. The van der Waals surface area contributed by atoms with Crippen LogP contribution in [0.15, 0.2) is 18.2 Å². The highest BCUT2D eigenvalue weighted by Crippen LogP contribution is 2.23. The van der Waals surface area contributed by atoms with Crippen molar-refractivity contribution in [2.45, 2.75) is 12.8 Å². The fourth-order valence-electron chi connectivity index (χ4n) is 1.28. The van der Waals surface area contributed by atoms with Gasteiger partial charge in [0.05, 0.1) is 5.69 Å². The van der Waals surface area contributed by atoms with Crippen LogP contribution >= 0.6 is 15.9 Å². The van der Waals surface area contributed by atoms with E-state index in [1.807, 2.05) is 26.2 Å². The highest BCUT2D eigenvalue weighted by molar-refractivity contribution is 9.09. The summed E-state index contributed by atoms with van der Waals surface area (Å²) in [5, 5.41) is 0.855. The average molecular weight is 260 g/mol. The Morgan fingerprint density at radius 1 is 1.43 bits per heavy atom. The topological polar surface area (TPSA) is 3.24 Å². The maximum Gasteiger partial charge on any atom is 0.146 e. The smallest absolute Gasteiger partial charge is 0.146 e. The van der Waals surface area contributed by atoms with Crippen molar-refractivity contribution in [3.05, 3.63) is 29.6 Å². The van der Waals surface area contributed by atoms with Crippen LogP contribution in [-0.2, 0) is 0 Å². The molecule has 0 spiro atoms. The molecule has 1 nitrogen and oxygen atoms in total. The van der Waals surface area contributed by atoms with Crippen molar-refractivity contribution in [2.24, 2.45) is 0 Å². The Labute approximate surface area is 93.0 Å². The van der Waals surface area contributed by atoms with Gasteiger partial charge in [0, 0.05) is 19.4 Å². The summed E-state index contributed by atoms with van der Waals surface area (Å²) in [5.74, 6) is 0.195. The van der Waals surface area contributed by atoms with Crippen molar-refractivity contribution in [1.29, 1.82) is 0 Å². The number of hydrogen-bond acceptors (Lipinski definition) is 1. The predicted octanol–water partition coefficient (Wildman–Crippen LogP) is 3.39. The van der Waals surface area contributed by atoms with Gasteiger partial charge in [0.25, 0.3) is 0 Å². The van der Waals surface area contributed by atoms with Crippen LogP contribution in [0, 0.1) is 5.82 Å². The second-order valence-electron chi connectivity index (χ2n) is 3.66. The third-order valence-electron chi connectivity index (χ3n) is 2.25. The van der Waals surface area contributed by atoms with E-state index in [1.165, 1.54) is 0 Å². The van der Waals surface area contributed by atoms with Gasteiger partial charge in [-0.3, -0.25) is 0 Å². The molecule has 1 atom stereocenters. The molecule has 0 aliphatic rings. The van der Waals surface area contributed by atoms with Crippen LogP contribution in [0.5, 0.6) is 0 Å². The molecule has 0 saturated carbocycles. The quantitative estimate of drug-likeness (QED) is 0.753. The summed E-state index contributed by atoms with van der Waals surface area (Å²) >= 11 is 3.39. The van der Waals surface area contributed by atoms with Crippen molar-refractivity contribution in [3.63, 3.8) is 0 Å². The molecule has 0 N–H and O–H groups in total. The standard InChI is InChI=1S/C11H15BrFN/c1-8(7-12)9-4-5-11(14(2)3)10(13)6-9/h4-6,8H,7H2,1-3H3. The largest absolute Gasteiger partial charge is 0.375 e. The summed E-state index contributed by atoms with van der Waals surface area (Å²) in [6.07, 6.45) is 0. The molecular formula is C11H15BrFN. The van der Waals surface area contributed by atoms with Crippen LogP contribution in [0.1, 0.15) is 18.4 Å². The molecule has 0 radical (unpaired) electrons. The highest BCUT2D eigenvalue weighted by Gasteiger charge is 2.08. The zero-order valence-corrected chi connectivity index (χ0v) is 10.3. The monoisotopic (exact) mass is 259 g/mol. The molecule has 0 fully saturated rings. The second kappa shape index (κ2) is 4.78. The van der Waals surface area contributed by atoms with Crippen molar-refractivity contribution < 1.29 is 4.39 Å². The summed E-state index contributed by atoms with van der Waals surface area (Å²) in [6, 6.07) is 5.41. The molecule has 0 saturated heterocycles. The minimum absolute atomic E-state index is 0.152. The van der Waals surface area contributed by atoms with E-state index in [4.69, 9.17) is 0 Å². The Kier molecular flexibility index (Phi) is 3.93. The number of nitrogens with zero attached hydrogens (tertiary/aromatic N) is 1. The third kappa shape index (κ3) is 2.47. The lowest BCUT2D eigenvalue weighted by Gasteiger charge is -2.15. The summed E-state index contributed by atoms with van der Waals surface area (Å²) in [7, 11) is 3.68. The number of anilines is 1. The Morgan fingerprint density at radius 2 is 2.07 bits per heavy atom. The van der Waals surface area contributed by atoms with Crippen molar-refractivity contribution >= 4 is 21.6 Å². The third-order valence-corrected chi connectivity index (χ3v) is 3.23. The van der Waals surface area contributed by atoms with Crippen LogP contribution < -0.4 is 4.90 Å². The zero-order chi connectivity index (χ0) is 10.7. The molecule has 0 aliphatic carbocycles. The molecule has 0 amide bonds. The Bertz CT molecular complexity index is 312. The summed E-state index contributed by atoms with van der Waals surface area (Å²) in [5.41, 5.74) is 1.67. The molecule has 0 bridgehead atoms. The van der Waals surface area contributed by atoms with E-state index in [1.54, 1.807) is 11.0 Å². The molecular weight excluding hydrogens is 245 g/mol. The van der Waals surface area contributed by atoms with E-state index in [9.17, 15) is 4.39 Å². The molecule has 1 aromatic carbocycles. The molecule has 0 heterocycles. The lowest BCUT2D eigenvalue weighted by molar-refractivity contribution is 0.622. The Balaban J connectivity index is 3.00. The van der Waals surface area contributed by atoms with Crippen molar-refractivity contribution in [3.8, 4) is 0 Å². The maximum absolute atomic E-state index is 13.5. The minimum Gasteiger partial charge on any atom is -0.375 e. The van der Waals surface area contributed by atoms with Gasteiger partial charge in [-0.15, -0.1) is 0 Å². The van der Waals surface area contributed by atoms with Crippen LogP contribution in [-0.4, -0.2) is 19.4 Å². The van der Waals surface area contributed by atoms with E-state index in [0.717, 1.165) is 10.9 Å². The number of hydrogen-bond donors (Lipinski definition) is 0. The Morgan fingerprint density at radius 3 is 2.50 bits per heavy atom. The van der Waals surface area contributed by atoms with Crippen LogP contribution in [0.25, 0.3) is 0 Å². The first-order chi connectivity index (χ1) is 6.56. The molecule has 0 aliphatic heterocycles. The van der Waals surface area contributed by atoms with Gasteiger partial charge in [0.15, 0.2) is 0 Å². The lowest BCUT2D eigenvalue weighted by Crippen LogP contribution is -2.11. The summed E-state index contributed by atoms with van der Waals surface area (Å²) < 4.78 is 13.5. The van der Waals surface area contributed by atoms with Gasteiger partial charge in [-0.25, -0.2) is 4.39 Å². The number of benzene rings is 1. The van der Waals surface area contributed by atoms with Crippen LogP contribution in [0.3, 0.4) is 0 Å². The molecule has 14 heavy (non-hydrogen) atoms. The molecule has 1 unspecified atom stereocenters. The van der Waals surface area contributed by atoms with E-state index in [0.29, 0.717) is 11.6 Å². The SMILES string of the molecule is CC(CBr)c1ccc(N(C)C)c(F)c1. The maximum atomic E-state index is 13.5. The molecule has 1 rings (SSSR count). The van der Waals surface area contributed by atoms with Gasteiger partial charge in [-0.1, -0.05) is 28.9 Å². The lowest BCUT2D eigenvalue weighted by atomic mass is 10.0. The van der Waals surface area contributed by atoms with Gasteiger partial charge in [0.2, 0.25) is 0 Å². The summed E-state index contributed by atoms with van der Waals surface area (Å²) in [6.45, 7) is 2.07. The zero-order valence-electron chi connectivity index (χ0n) is 8.72. The van der Waals surface area contributed by atoms with Gasteiger partial charge < -0.3 is 4.90 Å². The second-order valence-corrected chi connectivity index (χ2v) is 4.31. The molecule has 3 heteroatoms.